The minimum atomic E-state index is -6.82. The van der Waals surface area contributed by atoms with Crippen molar-refractivity contribution in [3.05, 3.63) is 66.6 Å². The van der Waals surface area contributed by atoms with Gasteiger partial charge in [0, 0.05) is 63.2 Å². The zero-order valence-electron chi connectivity index (χ0n) is 26.1. The van der Waals surface area contributed by atoms with Crippen molar-refractivity contribution < 1.29 is 80.6 Å². The highest BCUT2D eigenvalue weighted by molar-refractivity contribution is 6.56. The average molecular weight is 892 g/mol. The number of halogens is 18. The van der Waals surface area contributed by atoms with Crippen LogP contribution in [0.1, 0.15) is 41.4 Å². The predicted octanol–water partition coefficient (Wildman–Crippen LogP) is 11.2. The Morgan fingerprint density at radius 1 is 0.375 bits per heavy atom. The molecule has 56 heavy (non-hydrogen) atoms. The molecule has 0 fully saturated rings. The summed E-state index contributed by atoms with van der Waals surface area (Å²) in [6, 6.07) is 2.78. The monoisotopic (exact) mass is 890 g/mol. The fourth-order valence-electron chi connectivity index (χ4n) is 6.86. The number of carbonyl (C=O) groups is 4. The molecule has 0 saturated carbocycles. The summed E-state index contributed by atoms with van der Waals surface area (Å²) in [4.78, 5) is 52.9. The van der Waals surface area contributed by atoms with E-state index in [-0.39, 0.29) is 32.3 Å². The molecule has 6 nitrogen and oxygen atoms in total. The number of amides is 4. The average Bonchev–Trinajstić information content (AvgIpc) is 3.06. The van der Waals surface area contributed by atoms with Crippen molar-refractivity contribution in [2.75, 3.05) is 13.1 Å². The first-order valence-electron chi connectivity index (χ1n) is 14.8. The van der Waals surface area contributed by atoms with Crippen molar-refractivity contribution >= 4 is 113 Å². The zero-order chi connectivity index (χ0) is 41.9. The number of fused-ring (bicyclic) bond motifs is 2. The summed E-state index contributed by atoms with van der Waals surface area (Å²) in [7, 11) is 0. The number of carbonyl (C=O) groups excluding carboxylic acids is 4. The van der Waals surface area contributed by atoms with Gasteiger partial charge >= 0.3 is 36.0 Å². The molecule has 7 rings (SSSR count). The van der Waals surface area contributed by atoms with Crippen LogP contribution in [-0.2, 0) is 0 Å². The van der Waals surface area contributed by atoms with E-state index in [1.165, 1.54) is 0 Å². The van der Waals surface area contributed by atoms with Crippen molar-refractivity contribution in [3.63, 3.8) is 0 Å². The van der Waals surface area contributed by atoms with Gasteiger partial charge in [-0.05, 0) is 24.3 Å². The van der Waals surface area contributed by atoms with E-state index in [0.29, 0.717) is 24.3 Å². The Bertz CT molecular complexity index is 2370. The van der Waals surface area contributed by atoms with E-state index < -0.39 is 136 Å². The first-order chi connectivity index (χ1) is 25.4. The molecule has 2 heterocycles. The molecular weight excluding hydrogens is 884 g/mol. The van der Waals surface area contributed by atoms with Gasteiger partial charge < -0.3 is 0 Å². The van der Waals surface area contributed by atoms with E-state index >= 15 is 0 Å². The third-order valence-electron chi connectivity index (χ3n) is 9.36. The van der Waals surface area contributed by atoms with Crippen LogP contribution < -0.4 is 0 Å². The minimum Gasteiger partial charge on any atom is -0.269 e. The highest BCUT2D eigenvalue weighted by Gasteiger charge is 2.74. The van der Waals surface area contributed by atoms with Crippen molar-refractivity contribution in [3.8, 4) is 0 Å². The summed E-state index contributed by atoms with van der Waals surface area (Å²) in [5.74, 6) is -32.9. The summed E-state index contributed by atoms with van der Waals surface area (Å²) in [6.45, 7) is -5.55. The van der Waals surface area contributed by atoms with Crippen LogP contribution in [0.3, 0.4) is 0 Å². The number of benzene rings is 5. The van der Waals surface area contributed by atoms with Crippen LogP contribution in [0, 0.1) is 0 Å². The summed E-state index contributed by atoms with van der Waals surface area (Å²) in [5, 5.41) is -5.21. The molecule has 24 heteroatoms. The summed E-state index contributed by atoms with van der Waals surface area (Å²) in [5.41, 5.74) is -3.20. The second-order valence-corrected chi connectivity index (χ2v) is 14.2. The van der Waals surface area contributed by atoms with Gasteiger partial charge in [0.15, 0.2) is 0 Å². The lowest BCUT2D eigenvalue weighted by atomic mass is 9.82. The largest absolute Gasteiger partial charge is 0.459 e. The second-order valence-electron chi connectivity index (χ2n) is 12.6. The van der Waals surface area contributed by atoms with Crippen molar-refractivity contribution in [2.45, 2.75) is 36.0 Å². The van der Waals surface area contributed by atoms with E-state index in [9.17, 15) is 80.6 Å². The molecule has 0 radical (unpaired) electrons. The van der Waals surface area contributed by atoms with Crippen LogP contribution in [0.2, 0.25) is 20.1 Å². The number of hydrogen-bond donors (Lipinski definition) is 0. The van der Waals surface area contributed by atoms with Gasteiger partial charge in [-0.1, -0.05) is 46.4 Å². The predicted molar refractivity (Wildman–Crippen MR) is 170 cm³/mol. The Morgan fingerprint density at radius 2 is 0.589 bits per heavy atom. The van der Waals surface area contributed by atoms with Crippen molar-refractivity contribution in [1.82, 2.24) is 9.80 Å². The first-order valence-corrected chi connectivity index (χ1v) is 16.3. The standard InChI is InChI=1S/C32H8Cl4F14N2O4/c33-11-1-7-15-8(24(54)51(23(7)53)5-27(37,38)29(41,42)31(45,46)47)2-13(35)19-20-14(36)4-10-16-9(3-12(34)18(22(16)20)17(11)21(15)19)25(55)52(26(10)56)6-28(39,40)30(43,44)32(48,49)50/h1-4H,5-6H2. The van der Waals surface area contributed by atoms with E-state index in [1.807, 2.05) is 0 Å². The fourth-order valence-corrected chi connectivity index (χ4v) is 8.05. The lowest BCUT2D eigenvalue weighted by Gasteiger charge is -2.35. The molecule has 2 aliphatic heterocycles. The van der Waals surface area contributed by atoms with Gasteiger partial charge in [0.05, 0.1) is 35.3 Å². The SMILES string of the molecule is O=C1c2cc(Cl)c3c4c(Cl)cc5c6c(cc(Cl)c(c7c(Cl)cc(c2c37)C(=O)N1CC(F)(F)C(F)(F)C(F)(F)F)c64)C(=O)N(CC(F)(F)C(F)(F)C(F)(F)F)C5=O. The number of hydrogen-bond acceptors (Lipinski definition) is 4. The summed E-state index contributed by atoms with van der Waals surface area (Å²) >= 11 is 26.3. The Labute approximate surface area is 318 Å². The van der Waals surface area contributed by atoms with Crippen LogP contribution in [0.4, 0.5) is 61.5 Å². The molecule has 4 amide bonds. The first kappa shape index (κ1) is 40.1. The molecule has 0 spiro atoms. The van der Waals surface area contributed by atoms with Crippen LogP contribution >= 0.6 is 46.4 Å². The molecule has 5 aromatic carbocycles. The Balaban J connectivity index is 1.49. The molecule has 0 unspecified atom stereocenters. The van der Waals surface area contributed by atoms with Gasteiger partial charge in [-0.25, -0.2) is 0 Å². The lowest BCUT2D eigenvalue weighted by Crippen LogP contribution is -2.59. The van der Waals surface area contributed by atoms with Gasteiger partial charge in [0.2, 0.25) is 0 Å². The number of nitrogens with zero attached hydrogens (tertiary/aromatic N) is 2. The van der Waals surface area contributed by atoms with E-state index in [1.54, 1.807) is 0 Å². The van der Waals surface area contributed by atoms with Crippen molar-refractivity contribution in [2.24, 2.45) is 0 Å². The van der Waals surface area contributed by atoms with Gasteiger partial charge in [-0.2, -0.15) is 61.5 Å². The topological polar surface area (TPSA) is 74.8 Å². The van der Waals surface area contributed by atoms with Crippen LogP contribution in [0.25, 0.3) is 43.1 Å². The van der Waals surface area contributed by atoms with E-state index in [4.69, 9.17) is 46.4 Å². The number of imide groups is 2. The molecular formula is C32H8Cl4F14N2O4. The van der Waals surface area contributed by atoms with Crippen LogP contribution in [-0.4, -0.2) is 82.6 Å². The Hall–Kier alpha value is -4.14. The zero-order valence-corrected chi connectivity index (χ0v) is 29.1. The van der Waals surface area contributed by atoms with E-state index in [0.717, 1.165) is 0 Å². The molecule has 296 valence electrons. The summed E-state index contributed by atoms with van der Waals surface area (Å²) < 4.78 is 191. The van der Waals surface area contributed by atoms with E-state index in [2.05, 4.69) is 0 Å². The highest BCUT2D eigenvalue weighted by Crippen LogP contribution is 2.55. The van der Waals surface area contributed by atoms with Gasteiger partial charge in [0.1, 0.15) is 0 Å². The number of rotatable bonds is 6. The molecule has 0 aliphatic carbocycles. The van der Waals surface area contributed by atoms with Crippen LogP contribution in [0.15, 0.2) is 24.3 Å². The quantitative estimate of drug-likeness (QED) is 0.0737. The molecule has 2 aliphatic rings. The molecule has 0 saturated heterocycles. The van der Waals surface area contributed by atoms with Crippen molar-refractivity contribution in [1.29, 1.82) is 0 Å². The second kappa shape index (κ2) is 11.7. The summed E-state index contributed by atoms with van der Waals surface area (Å²) in [6.07, 6.45) is -13.6. The Kier molecular flexibility index (Phi) is 8.39. The van der Waals surface area contributed by atoms with Gasteiger partial charge in [0.25, 0.3) is 23.6 Å². The third kappa shape index (κ3) is 5.03. The third-order valence-corrected chi connectivity index (χ3v) is 10.6. The van der Waals surface area contributed by atoms with Gasteiger partial charge in [-0.15, -0.1) is 0 Å². The molecule has 0 bridgehead atoms. The smallest absolute Gasteiger partial charge is 0.269 e. The maximum absolute atomic E-state index is 14.5. The van der Waals surface area contributed by atoms with Crippen LogP contribution in [0.5, 0.6) is 0 Å². The highest BCUT2D eigenvalue weighted by atomic mass is 35.5. The maximum Gasteiger partial charge on any atom is 0.459 e. The molecule has 0 aromatic heterocycles. The molecule has 0 N–H and O–H groups in total. The minimum absolute atomic E-state index is 0.303. The lowest BCUT2D eigenvalue weighted by molar-refractivity contribution is -0.354. The van der Waals surface area contributed by atoms with Gasteiger partial charge in [-0.3, -0.25) is 29.0 Å². The number of alkyl halides is 14. The normalized spacial score (nSPS) is 16.2. The maximum atomic E-state index is 14.5. The molecule has 0 atom stereocenters. The fraction of sp³-hybridized carbons (Fsp3) is 0.250. The Morgan fingerprint density at radius 3 is 0.786 bits per heavy atom. The molecule has 5 aromatic rings.